The van der Waals surface area contributed by atoms with Crippen molar-refractivity contribution < 1.29 is 9.59 Å². The first-order valence-electron chi connectivity index (χ1n) is 7.63. The highest BCUT2D eigenvalue weighted by molar-refractivity contribution is 5.81. The molecule has 0 aromatic carbocycles. The quantitative estimate of drug-likeness (QED) is 0.747. The van der Waals surface area contributed by atoms with E-state index in [2.05, 4.69) is 10.4 Å². The third kappa shape index (κ3) is 4.38. The molecule has 2 rings (SSSR count). The molecule has 1 aliphatic heterocycles. The fraction of sp³-hybridized carbons (Fsp3) is 0.600. The molecule has 0 spiro atoms. The second-order valence-electron chi connectivity index (χ2n) is 5.88. The molecular weight excluding hydrogens is 298 g/mol. The number of amides is 2. The van der Waals surface area contributed by atoms with E-state index in [-0.39, 0.29) is 29.8 Å². The minimum absolute atomic E-state index is 0.0811. The molecule has 1 fully saturated rings. The molecule has 2 amide bonds. The Hall–Kier alpha value is -2.22. The van der Waals surface area contributed by atoms with Gasteiger partial charge in [0.1, 0.15) is 6.54 Å². The van der Waals surface area contributed by atoms with E-state index in [9.17, 15) is 14.4 Å². The van der Waals surface area contributed by atoms with Crippen molar-refractivity contribution in [1.82, 2.24) is 24.9 Å². The van der Waals surface area contributed by atoms with Crippen molar-refractivity contribution in [2.75, 3.05) is 40.3 Å². The fourth-order valence-electron chi connectivity index (χ4n) is 2.66. The van der Waals surface area contributed by atoms with Crippen LogP contribution >= 0.6 is 0 Å². The fourth-order valence-corrected chi connectivity index (χ4v) is 2.66. The van der Waals surface area contributed by atoms with Gasteiger partial charge in [0.15, 0.2) is 0 Å². The lowest BCUT2D eigenvalue weighted by Crippen LogP contribution is -2.43. The van der Waals surface area contributed by atoms with E-state index in [0.29, 0.717) is 31.9 Å². The molecule has 23 heavy (non-hydrogen) atoms. The van der Waals surface area contributed by atoms with E-state index in [4.69, 9.17) is 0 Å². The maximum atomic E-state index is 12.5. The number of hydrogen-bond acceptors (Lipinski definition) is 5. The zero-order chi connectivity index (χ0) is 17.0. The predicted octanol–water partition coefficient (Wildman–Crippen LogP) is -1.31. The molecule has 0 saturated carbocycles. The van der Waals surface area contributed by atoms with Crippen LogP contribution in [0.25, 0.3) is 0 Å². The molecule has 8 nitrogen and oxygen atoms in total. The molecule has 1 saturated heterocycles. The van der Waals surface area contributed by atoms with Crippen LogP contribution in [0.2, 0.25) is 0 Å². The molecule has 0 radical (unpaired) electrons. The number of aryl methyl sites for hydroxylation is 1. The van der Waals surface area contributed by atoms with E-state index >= 15 is 0 Å². The van der Waals surface area contributed by atoms with Crippen LogP contribution in [0, 0.1) is 12.8 Å². The van der Waals surface area contributed by atoms with Gasteiger partial charge >= 0.3 is 0 Å². The number of aromatic nitrogens is 2. The summed E-state index contributed by atoms with van der Waals surface area (Å²) in [6.45, 7) is 3.84. The third-order valence-corrected chi connectivity index (χ3v) is 3.98. The maximum Gasteiger partial charge on any atom is 0.267 e. The van der Waals surface area contributed by atoms with E-state index in [0.717, 1.165) is 0 Å². The molecule has 0 aliphatic carbocycles. The number of carbonyl (C=O) groups is 2. The van der Waals surface area contributed by atoms with Gasteiger partial charge in [-0.3, -0.25) is 14.4 Å². The smallest absolute Gasteiger partial charge is 0.267 e. The normalized spacial score (nSPS) is 19.3. The molecule has 126 valence electrons. The molecular formula is C15H23N5O3. The number of rotatable bonds is 3. The van der Waals surface area contributed by atoms with Crippen LogP contribution in [-0.4, -0.2) is 71.7 Å². The van der Waals surface area contributed by atoms with Gasteiger partial charge in [-0.25, -0.2) is 4.68 Å². The van der Waals surface area contributed by atoms with Crippen molar-refractivity contribution in [2.24, 2.45) is 5.92 Å². The summed E-state index contributed by atoms with van der Waals surface area (Å²) in [7, 11) is 3.52. The molecule has 2 heterocycles. The first kappa shape index (κ1) is 17.1. The highest BCUT2D eigenvalue weighted by Gasteiger charge is 2.28. The largest absolute Gasteiger partial charge is 0.359 e. The van der Waals surface area contributed by atoms with Crippen molar-refractivity contribution in [3.05, 3.63) is 28.2 Å². The standard InChI is InChI=1S/C15H23N5O3/c1-11-4-5-13(21)20(17-11)10-14(22)19-7-6-18(3)8-12(9-19)15(23)16-2/h4-5,12H,6-10H2,1-3H3,(H,16,23)/t12-/m0/s1. The summed E-state index contributed by atoms with van der Waals surface area (Å²) in [6.07, 6.45) is 0. The lowest BCUT2D eigenvalue weighted by molar-refractivity contribution is -0.133. The molecule has 8 heteroatoms. The summed E-state index contributed by atoms with van der Waals surface area (Å²) >= 11 is 0. The van der Waals surface area contributed by atoms with Crippen LogP contribution in [0.15, 0.2) is 16.9 Å². The van der Waals surface area contributed by atoms with Gasteiger partial charge in [0.25, 0.3) is 5.56 Å². The van der Waals surface area contributed by atoms with Gasteiger partial charge in [0, 0.05) is 39.3 Å². The zero-order valence-electron chi connectivity index (χ0n) is 13.8. The highest BCUT2D eigenvalue weighted by Crippen LogP contribution is 2.09. The molecule has 0 unspecified atom stereocenters. The summed E-state index contributed by atoms with van der Waals surface area (Å²) in [5.41, 5.74) is 0.370. The van der Waals surface area contributed by atoms with Gasteiger partial charge in [-0.1, -0.05) is 0 Å². The summed E-state index contributed by atoms with van der Waals surface area (Å²) in [5.74, 6) is -0.560. The Morgan fingerprint density at radius 1 is 1.30 bits per heavy atom. The van der Waals surface area contributed by atoms with E-state index in [1.807, 2.05) is 11.9 Å². The first-order chi connectivity index (χ1) is 10.9. The van der Waals surface area contributed by atoms with Crippen molar-refractivity contribution >= 4 is 11.8 Å². The second kappa shape index (κ2) is 7.36. The monoisotopic (exact) mass is 321 g/mol. The van der Waals surface area contributed by atoms with Gasteiger partial charge in [0.2, 0.25) is 11.8 Å². The molecule has 1 N–H and O–H groups in total. The van der Waals surface area contributed by atoms with Crippen LogP contribution in [0.1, 0.15) is 5.69 Å². The summed E-state index contributed by atoms with van der Waals surface area (Å²) in [5, 5.41) is 6.72. The van der Waals surface area contributed by atoms with E-state index in [1.165, 1.54) is 10.7 Å². The summed E-state index contributed by atoms with van der Waals surface area (Å²) < 4.78 is 1.17. The second-order valence-corrected chi connectivity index (χ2v) is 5.88. The van der Waals surface area contributed by atoms with Crippen molar-refractivity contribution in [1.29, 1.82) is 0 Å². The Morgan fingerprint density at radius 2 is 2.04 bits per heavy atom. The van der Waals surface area contributed by atoms with Crippen LogP contribution in [0.3, 0.4) is 0 Å². The number of carbonyl (C=O) groups excluding carboxylic acids is 2. The Balaban J connectivity index is 2.12. The van der Waals surface area contributed by atoms with Crippen molar-refractivity contribution in [2.45, 2.75) is 13.5 Å². The Labute approximate surface area is 135 Å². The topological polar surface area (TPSA) is 87.5 Å². The zero-order valence-corrected chi connectivity index (χ0v) is 13.8. The Morgan fingerprint density at radius 3 is 2.74 bits per heavy atom. The van der Waals surface area contributed by atoms with Gasteiger partial charge < -0.3 is 15.1 Å². The molecule has 1 aliphatic rings. The van der Waals surface area contributed by atoms with Crippen LogP contribution in [0.5, 0.6) is 0 Å². The third-order valence-electron chi connectivity index (χ3n) is 3.98. The van der Waals surface area contributed by atoms with Gasteiger partial charge in [0.05, 0.1) is 11.6 Å². The molecule has 0 bridgehead atoms. The SMILES string of the molecule is CNC(=O)[C@H]1CN(C)CCN(C(=O)Cn2nc(C)ccc2=O)C1. The van der Waals surface area contributed by atoms with Gasteiger partial charge in [-0.15, -0.1) is 0 Å². The number of hydrogen-bond donors (Lipinski definition) is 1. The molecule has 1 atom stereocenters. The first-order valence-corrected chi connectivity index (χ1v) is 7.63. The van der Waals surface area contributed by atoms with Crippen LogP contribution in [0.4, 0.5) is 0 Å². The lowest BCUT2D eigenvalue weighted by Gasteiger charge is -2.23. The molecule has 1 aromatic rings. The van der Waals surface area contributed by atoms with Gasteiger partial charge in [-0.2, -0.15) is 5.10 Å². The maximum absolute atomic E-state index is 12.5. The summed E-state index contributed by atoms with van der Waals surface area (Å²) in [6, 6.07) is 3.02. The Kier molecular flexibility index (Phi) is 5.49. The highest BCUT2D eigenvalue weighted by atomic mass is 16.2. The predicted molar refractivity (Wildman–Crippen MR) is 84.9 cm³/mol. The Bertz CT molecular complexity index is 642. The lowest BCUT2D eigenvalue weighted by atomic mass is 10.1. The van der Waals surface area contributed by atoms with E-state index < -0.39 is 0 Å². The minimum atomic E-state index is -0.307. The van der Waals surface area contributed by atoms with Crippen molar-refractivity contribution in [3.63, 3.8) is 0 Å². The number of nitrogens with zero attached hydrogens (tertiary/aromatic N) is 4. The van der Waals surface area contributed by atoms with Gasteiger partial charge in [-0.05, 0) is 20.0 Å². The van der Waals surface area contributed by atoms with Crippen molar-refractivity contribution in [3.8, 4) is 0 Å². The van der Waals surface area contributed by atoms with Crippen LogP contribution in [-0.2, 0) is 16.1 Å². The summed E-state index contributed by atoms with van der Waals surface area (Å²) in [4.78, 5) is 39.9. The number of nitrogens with one attached hydrogen (secondary N) is 1. The van der Waals surface area contributed by atoms with E-state index in [1.54, 1.807) is 24.9 Å². The number of likely N-dealkylation sites (N-methyl/N-ethyl adjacent to an activating group) is 1. The average molecular weight is 321 g/mol. The average Bonchev–Trinajstić information content (AvgIpc) is 2.72. The molecule has 1 aromatic heterocycles. The minimum Gasteiger partial charge on any atom is -0.359 e. The van der Waals surface area contributed by atoms with Crippen LogP contribution < -0.4 is 10.9 Å².